The van der Waals surface area contributed by atoms with Gasteiger partial charge in [-0.2, -0.15) is 5.10 Å². The van der Waals surface area contributed by atoms with Crippen LogP contribution in [0.25, 0.3) is 0 Å². The number of aromatic nitrogens is 2. The number of carbonyl (C=O) groups is 1. The van der Waals surface area contributed by atoms with Crippen LogP contribution in [-0.2, 0) is 13.5 Å². The van der Waals surface area contributed by atoms with Crippen molar-refractivity contribution >= 4 is 5.91 Å². The second-order valence-corrected chi connectivity index (χ2v) is 7.05. The second kappa shape index (κ2) is 7.40. The van der Waals surface area contributed by atoms with Crippen LogP contribution in [0, 0.1) is 0 Å². The zero-order chi connectivity index (χ0) is 18.0. The van der Waals surface area contributed by atoms with Crippen molar-refractivity contribution in [3.05, 3.63) is 52.8 Å². The van der Waals surface area contributed by atoms with E-state index in [1.54, 1.807) is 0 Å². The molecule has 2 heterocycles. The predicted octanol–water partition coefficient (Wildman–Crippen LogP) is 2.89. The number of hydrogen-bond acceptors (Lipinski definition) is 3. The lowest BCUT2D eigenvalue weighted by Crippen LogP contribution is -2.48. The van der Waals surface area contributed by atoms with E-state index in [1.807, 2.05) is 22.7 Å². The summed E-state index contributed by atoms with van der Waals surface area (Å²) < 4.78 is 1.82. The summed E-state index contributed by atoms with van der Waals surface area (Å²) in [7, 11) is 1.91. The highest BCUT2D eigenvalue weighted by Gasteiger charge is 2.30. The molecule has 5 nitrogen and oxygen atoms in total. The second-order valence-electron chi connectivity index (χ2n) is 7.05. The molecule has 0 bridgehead atoms. The number of hydrogen-bond donors (Lipinski definition) is 1. The smallest absolute Gasteiger partial charge is 0.274 e. The summed E-state index contributed by atoms with van der Waals surface area (Å²) in [6.45, 7) is 8.69. The van der Waals surface area contributed by atoms with Crippen LogP contribution in [0.3, 0.4) is 0 Å². The first kappa shape index (κ1) is 17.7. The monoisotopic (exact) mass is 340 g/mol. The van der Waals surface area contributed by atoms with Crippen LogP contribution in [0.5, 0.6) is 0 Å². The van der Waals surface area contributed by atoms with Gasteiger partial charge in [0.25, 0.3) is 5.91 Å². The van der Waals surface area contributed by atoms with Gasteiger partial charge in [-0.15, -0.1) is 0 Å². The van der Waals surface area contributed by atoms with Crippen molar-refractivity contribution in [2.45, 2.75) is 39.2 Å². The van der Waals surface area contributed by atoms with Gasteiger partial charge in [0.2, 0.25) is 0 Å². The van der Waals surface area contributed by atoms with E-state index in [0.29, 0.717) is 18.2 Å². The Kier molecular flexibility index (Phi) is 5.23. The van der Waals surface area contributed by atoms with Crippen LogP contribution < -0.4 is 5.32 Å². The predicted molar refractivity (Wildman–Crippen MR) is 99.8 cm³/mol. The Morgan fingerprint density at radius 2 is 2.04 bits per heavy atom. The summed E-state index contributed by atoms with van der Waals surface area (Å²) in [5, 5.41) is 7.88. The van der Waals surface area contributed by atoms with Gasteiger partial charge < -0.3 is 10.2 Å². The third kappa shape index (κ3) is 3.61. The maximum atomic E-state index is 13.1. The molecule has 5 heteroatoms. The third-order valence-corrected chi connectivity index (χ3v) is 5.00. The molecule has 0 saturated carbocycles. The lowest BCUT2D eigenvalue weighted by atomic mass is 10.0. The molecule has 1 N–H and O–H groups in total. The van der Waals surface area contributed by atoms with Gasteiger partial charge in [-0.1, -0.05) is 45.0 Å². The van der Waals surface area contributed by atoms with Crippen LogP contribution in [0.4, 0.5) is 0 Å². The van der Waals surface area contributed by atoms with E-state index >= 15 is 0 Å². The zero-order valence-electron chi connectivity index (χ0n) is 15.6. The fraction of sp³-hybridized carbons (Fsp3) is 0.500. The molecule has 1 aliphatic heterocycles. The number of nitrogens with one attached hydrogen (secondary N) is 1. The number of benzene rings is 1. The van der Waals surface area contributed by atoms with E-state index in [4.69, 9.17) is 0 Å². The van der Waals surface area contributed by atoms with E-state index in [9.17, 15) is 4.79 Å². The number of carbonyl (C=O) groups excluding carboxylic acids is 1. The maximum absolute atomic E-state index is 13.1. The normalized spacial score (nSPS) is 18.0. The van der Waals surface area contributed by atoms with E-state index in [1.165, 1.54) is 11.1 Å². The minimum Gasteiger partial charge on any atom is -0.328 e. The molecule has 3 rings (SSSR count). The van der Waals surface area contributed by atoms with Crippen molar-refractivity contribution in [3.8, 4) is 0 Å². The molecule has 1 fully saturated rings. The molecule has 1 amide bonds. The molecule has 1 saturated heterocycles. The lowest BCUT2D eigenvalue weighted by molar-refractivity contribution is 0.0627. The molecule has 1 unspecified atom stereocenters. The fourth-order valence-electron chi connectivity index (χ4n) is 3.49. The molecule has 25 heavy (non-hydrogen) atoms. The van der Waals surface area contributed by atoms with Crippen molar-refractivity contribution in [2.75, 3.05) is 19.6 Å². The first-order chi connectivity index (χ1) is 12.0. The maximum Gasteiger partial charge on any atom is 0.274 e. The molecular formula is C20H28N4O. The van der Waals surface area contributed by atoms with Gasteiger partial charge in [0.1, 0.15) is 0 Å². The topological polar surface area (TPSA) is 50.2 Å². The number of piperazine rings is 1. The summed E-state index contributed by atoms with van der Waals surface area (Å²) in [6, 6.07) is 10.6. The molecule has 134 valence electrons. The Labute approximate surface area is 150 Å². The molecule has 0 spiro atoms. The standard InChI is InChI=1S/C20H28N4O/c1-5-15-6-8-16(9-7-15)19-13-21-10-11-24(19)20(25)17-12-18(14(2)3)23(4)22-17/h6-9,12,14,19,21H,5,10-11,13H2,1-4H3. The highest BCUT2D eigenvalue weighted by Crippen LogP contribution is 2.25. The van der Waals surface area contributed by atoms with Crippen molar-refractivity contribution in [2.24, 2.45) is 7.05 Å². The van der Waals surface area contributed by atoms with Gasteiger partial charge in [0.15, 0.2) is 5.69 Å². The van der Waals surface area contributed by atoms with Gasteiger partial charge in [-0.3, -0.25) is 9.48 Å². The SMILES string of the molecule is CCc1ccc(C2CNCCN2C(=O)c2cc(C(C)C)n(C)n2)cc1. The van der Waals surface area contributed by atoms with Crippen molar-refractivity contribution in [3.63, 3.8) is 0 Å². The Hall–Kier alpha value is -2.14. The van der Waals surface area contributed by atoms with E-state index < -0.39 is 0 Å². The largest absolute Gasteiger partial charge is 0.328 e. The number of nitrogens with zero attached hydrogens (tertiary/aromatic N) is 3. The number of amides is 1. The number of rotatable bonds is 4. The Bertz CT molecular complexity index is 733. The fourth-order valence-corrected chi connectivity index (χ4v) is 3.49. The lowest BCUT2D eigenvalue weighted by Gasteiger charge is -2.36. The molecular weight excluding hydrogens is 312 g/mol. The average molecular weight is 340 g/mol. The molecule has 1 aromatic heterocycles. The molecule has 1 atom stereocenters. The Morgan fingerprint density at radius 1 is 1.32 bits per heavy atom. The summed E-state index contributed by atoms with van der Waals surface area (Å²) >= 11 is 0. The summed E-state index contributed by atoms with van der Waals surface area (Å²) in [5.41, 5.74) is 4.13. The molecule has 0 radical (unpaired) electrons. The minimum absolute atomic E-state index is 0.0218. The van der Waals surface area contributed by atoms with Gasteiger partial charge in [-0.05, 0) is 29.5 Å². The van der Waals surface area contributed by atoms with Crippen LogP contribution in [0.15, 0.2) is 30.3 Å². The van der Waals surface area contributed by atoms with Crippen molar-refractivity contribution in [1.82, 2.24) is 20.0 Å². The summed E-state index contributed by atoms with van der Waals surface area (Å²) in [5.74, 6) is 0.369. The van der Waals surface area contributed by atoms with Crippen molar-refractivity contribution < 1.29 is 4.79 Å². The van der Waals surface area contributed by atoms with E-state index in [0.717, 1.165) is 25.2 Å². The quantitative estimate of drug-likeness (QED) is 0.931. The number of aryl methyl sites for hydroxylation is 2. The molecule has 2 aromatic rings. The summed E-state index contributed by atoms with van der Waals surface area (Å²) in [6.07, 6.45) is 1.03. The molecule has 0 aliphatic carbocycles. The third-order valence-electron chi connectivity index (χ3n) is 5.00. The average Bonchev–Trinajstić information content (AvgIpc) is 3.03. The van der Waals surface area contributed by atoms with Gasteiger partial charge in [0.05, 0.1) is 6.04 Å². The highest BCUT2D eigenvalue weighted by atomic mass is 16.2. The van der Waals surface area contributed by atoms with E-state index in [2.05, 4.69) is 55.5 Å². The van der Waals surface area contributed by atoms with Gasteiger partial charge >= 0.3 is 0 Å². The molecule has 1 aliphatic rings. The van der Waals surface area contributed by atoms with Gasteiger partial charge in [0, 0.05) is 32.4 Å². The molecule has 1 aromatic carbocycles. The first-order valence-corrected chi connectivity index (χ1v) is 9.15. The van der Waals surface area contributed by atoms with Crippen molar-refractivity contribution in [1.29, 1.82) is 0 Å². The Balaban J connectivity index is 1.87. The Morgan fingerprint density at radius 3 is 2.64 bits per heavy atom. The van der Waals surface area contributed by atoms with Crippen LogP contribution in [-0.4, -0.2) is 40.2 Å². The zero-order valence-corrected chi connectivity index (χ0v) is 15.6. The van der Waals surface area contributed by atoms with Crippen LogP contribution >= 0.6 is 0 Å². The van der Waals surface area contributed by atoms with Gasteiger partial charge in [-0.25, -0.2) is 0 Å². The van der Waals surface area contributed by atoms with Crippen LogP contribution in [0.2, 0.25) is 0 Å². The highest BCUT2D eigenvalue weighted by molar-refractivity contribution is 5.93. The minimum atomic E-state index is 0.0218. The summed E-state index contributed by atoms with van der Waals surface area (Å²) in [4.78, 5) is 15.1. The van der Waals surface area contributed by atoms with Crippen LogP contribution in [0.1, 0.15) is 60.0 Å². The first-order valence-electron chi connectivity index (χ1n) is 9.15. The van der Waals surface area contributed by atoms with E-state index in [-0.39, 0.29) is 11.9 Å².